The van der Waals surface area contributed by atoms with Gasteiger partial charge in [0, 0.05) is 24.8 Å². The van der Waals surface area contributed by atoms with Gasteiger partial charge in [-0.15, -0.1) is 0 Å². The van der Waals surface area contributed by atoms with Crippen molar-refractivity contribution in [3.63, 3.8) is 0 Å². The molecule has 0 radical (unpaired) electrons. The molecule has 1 fully saturated rings. The van der Waals surface area contributed by atoms with Crippen LogP contribution >= 0.6 is 0 Å². The first-order chi connectivity index (χ1) is 11.6. The van der Waals surface area contributed by atoms with Crippen molar-refractivity contribution in [3.05, 3.63) is 41.9 Å². The Morgan fingerprint density at radius 1 is 1.08 bits per heavy atom. The molecular formula is C18H19N3O3. The molecule has 0 N–H and O–H groups in total. The fourth-order valence-electron chi connectivity index (χ4n) is 2.98. The Morgan fingerprint density at radius 3 is 2.42 bits per heavy atom. The lowest BCUT2D eigenvalue weighted by Crippen LogP contribution is -2.45. The van der Waals surface area contributed by atoms with Crippen LogP contribution in [0.4, 0.5) is 5.69 Å². The predicted molar refractivity (Wildman–Crippen MR) is 90.5 cm³/mol. The number of carbonyl (C=O) groups is 2. The maximum absolute atomic E-state index is 11.5. The molecule has 3 rings (SSSR count). The average Bonchev–Trinajstić information content (AvgIpc) is 2.60. The average molecular weight is 325 g/mol. The minimum absolute atomic E-state index is 0.105. The van der Waals surface area contributed by atoms with Crippen LogP contribution in [0.15, 0.2) is 30.5 Å². The Balaban J connectivity index is 1.92. The third-order valence-electron chi connectivity index (χ3n) is 3.98. The van der Waals surface area contributed by atoms with Crippen LogP contribution < -0.4 is 4.90 Å². The summed E-state index contributed by atoms with van der Waals surface area (Å²) in [5.41, 5.74) is 2.99. The summed E-state index contributed by atoms with van der Waals surface area (Å²) in [6, 6.07) is 7.17. The van der Waals surface area contributed by atoms with Crippen molar-refractivity contribution in [2.75, 3.05) is 18.0 Å². The van der Waals surface area contributed by atoms with Crippen LogP contribution in [0.1, 0.15) is 34.8 Å². The minimum atomic E-state index is 0.105. The highest BCUT2D eigenvalue weighted by molar-refractivity contribution is 5.83. The van der Waals surface area contributed by atoms with Crippen molar-refractivity contribution in [2.24, 2.45) is 0 Å². The number of hydrogen-bond acceptors (Lipinski definition) is 6. The molecule has 0 spiro atoms. The second kappa shape index (κ2) is 6.88. The molecule has 1 aliphatic rings. The van der Waals surface area contributed by atoms with Gasteiger partial charge in [-0.05, 0) is 38.1 Å². The van der Waals surface area contributed by atoms with Crippen LogP contribution in [-0.4, -0.2) is 47.8 Å². The lowest BCUT2D eigenvalue weighted by Gasteiger charge is -2.37. The summed E-state index contributed by atoms with van der Waals surface area (Å²) in [6.45, 7) is 5.49. The summed E-state index contributed by atoms with van der Waals surface area (Å²) in [5.74, 6) is 0. The van der Waals surface area contributed by atoms with Gasteiger partial charge < -0.3 is 9.64 Å². The first-order valence-electron chi connectivity index (χ1n) is 7.89. The first-order valence-corrected chi connectivity index (χ1v) is 7.89. The number of ether oxygens (including phenoxy) is 1. The van der Waals surface area contributed by atoms with Gasteiger partial charge in [0.1, 0.15) is 11.4 Å². The quantitative estimate of drug-likeness (QED) is 0.804. The van der Waals surface area contributed by atoms with Crippen molar-refractivity contribution in [3.8, 4) is 11.3 Å². The number of aromatic nitrogens is 2. The fraction of sp³-hybridized carbons (Fsp3) is 0.333. The number of nitrogens with zero attached hydrogens (tertiary/aromatic N) is 3. The van der Waals surface area contributed by atoms with Gasteiger partial charge in [0.25, 0.3) is 0 Å². The van der Waals surface area contributed by atoms with Crippen LogP contribution in [-0.2, 0) is 4.74 Å². The second-order valence-electron chi connectivity index (χ2n) is 5.97. The molecule has 2 aromatic heterocycles. The summed E-state index contributed by atoms with van der Waals surface area (Å²) in [5, 5.41) is 0. The number of carbonyl (C=O) groups excluding carboxylic acids is 2. The third-order valence-corrected chi connectivity index (χ3v) is 3.98. The van der Waals surface area contributed by atoms with E-state index in [4.69, 9.17) is 4.74 Å². The topological polar surface area (TPSA) is 72.4 Å². The standard InChI is InChI=1S/C18H19N3O3/c1-12-8-21(9-13(2)24-12)18-6-5-16(20-17(18)11-23)14-3-4-15(10-22)19-7-14/h3-7,10-13H,8-9H2,1-2H3/t12-,13+. The largest absolute Gasteiger partial charge is 0.372 e. The Hall–Kier alpha value is -2.60. The van der Waals surface area contributed by atoms with Crippen LogP contribution in [0.25, 0.3) is 11.3 Å². The second-order valence-corrected chi connectivity index (χ2v) is 5.97. The maximum atomic E-state index is 11.5. The molecule has 124 valence electrons. The van der Waals surface area contributed by atoms with Gasteiger partial charge in [0.05, 0.1) is 23.6 Å². The van der Waals surface area contributed by atoms with E-state index in [0.29, 0.717) is 23.4 Å². The minimum Gasteiger partial charge on any atom is -0.372 e. The Kier molecular flexibility index (Phi) is 4.66. The van der Waals surface area contributed by atoms with E-state index in [1.54, 1.807) is 18.3 Å². The van der Waals surface area contributed by atoms with Crippen molar-refractivity contribution < 1.29 is 14.3 Å². The van der Waals surface area contributed by atoms with Gasteiger partial charge in [-0.25, -0.2) is 4.98 Å². The molecule has 3 heterocycles. The Labute approximate surface area is 140 Å². The number of anilines is 1. The van der Waals surface area contributed by atoms with E-state index >= 15 is 0 Å². The van der Waals surface area contributed by atoms with E-state index in [1.165, 1.54) is 0 Å². The van der Waals surface area contributed by atoms with Crippen molar-refractivity contribution in [2.45, 2.75) is 26.1 Å². The smallest absolute Gasteiger partial charge is 0.170 e. The molecule has 0 aliphatic carbocycles. The van der Waals surface area contributed by atoms with E-state index in [9.17, 15) is 9.59 Å². The van der Waals surface area contributed by atoms with Crippen LogP contribution in [0.3, 0.4) is 0 Å². The molecule has 2 atom stereocenters. The summed E-state index contributed by atoms with van der Waals surface area (Å²) in [7, 11) is 0. The SMILES string of the molecule is C[C@@H]1CN(c2ccc(-c3ccc(C=O)nc3)nc2C=O)C[C@H](C)O1. The van der Waals surface area contributed by atoms with Gasteiger partial charge in [0.2, 0.25) is 0 Å². The van der Waals surface area contributed by atoms with E-state index in [1.807, 2.05) is 26.0 Å². The molecule has 1 aliphatic heterocycles. The maximum Gasteiger partial charge on any atom is 0.170 e. The molecule has 6 heteroatoms. The number of hydrogen-bond donors (Lipinski definition) is 0. The first kappa shape index (κ1) is 16.3. The fourth-order valence-corrected chi connectivity index (χ4v) is 2.98. The van der Waals surface area contributed by atoms with Crippen LogP contribution in [0, 0.1) is 0 Å². The number of pyridine rings is 2. The number of morpholine rings is 1. The van der Waals surface area contributed by atoms with Crippen molar-refractivity contribution in [1.82, 2.24) is 9.97 Å². The molecule has 24 heavy (non-hydrogen) atoms. The highest BCUT2D eigenvalue weighted by Crippen LogP contribution is 2.26. The zero-order chi connectivity index (χ0) is 17.1. The molecule has 0 unspecified atom stereocenters. The van der Waals surface area contributed by atoms with Crippen LogP contribution in [0.5, 0.6) is 0 Å². The normalized spacial score (nSPS) is 20.7. The predicted octanol–water partition coefficient (Wildman–Crippen LogP) is 2.38. The van der Waals surface area contributed by atoms with Gasteiger partial charge in [-0.1, -0.05) is 0 Å². The monoisotopic (exact) mass is 325 g/mol. The molecule has 0 amide bonds. The summed E-state index contributed by atoms with van der Waals surface area (Å²) in [6.07, 6.45) is 3.26. The number of aldehydes is 2. The van der Waals surface area contributed by atoms with Gasteiger partial charge in [-0.3, -0.25) is 14.6 Å². The highest BCUT2D eigenvalue weighted by atomic mass is 16.5. The van der Waals surface area contributed by atoms with Crippen LogP contribution in [0.2, 0.25) is 0 Å². The van der Waals surface area contributed by atoms with E-state index in [-0.39, 0.29) is 12.2 Å². The number of rotatable bonds is 4. The van der Waals surface area contributed by atoms with Gasteiger partial charge in [0.15, 0.2) is 12.6 Å². The molecule has 0 saturated carbocycles. The molecular weight excluding hydrogens is 306 g/mol. The lowest BCUT2D eigenvalue weighted by molar-refractivity contribution is -0.00527. The van der Waals surface area contributed by atoms with E-state index in [2.05, 4.69) is 14.9 Å². The Morgan fingerprint density at radius 2 is 1.83 bits per heavy atom. The lowest BCUT2D eigenvalue weighted by atomic mass is 10.1. The Bertz CT molecular complexity index is 736. The summed E-state index contributed by atoms with van der Waals surface area (Å²) < 4.78 is 5.74. The van der Waals surface area contributed by atoms with E-state index < -0.39 is 0 Å². The zero-order valence-corrected chi connectivity index (χ0v) is 13.7. The van der Waals surface area contributed by atoms with Crippen molar-refractivity contribution >= 4 is 18.3 Å². The van der Waals surface area contributed by atoms with E-state index in [0.717, 1.165) is 30.6 Å². The summed E-state index contributed by atoms with van der Waals surface area (Å²) >= 11 is 0. The molecule has 2 aromatic rings. The van der Waals surface area contributed by atoms with Crippen molar-refractivity contribution in [1.29, 1.82) is 0 Å². The molecule has 6 nitrogen and oxygen atoms in total. The summed E-state index contributed by atoms with van der Waals surface area (Å²) in [4.78, 5) is 32.9. The zero-order valence-electron chi connectivity index (χ0n) is 13.7. The molecule has 1 saturated heterocycles. The highest BCUT2D eigenvalue weighted by Gasteiger charge is 2.24. The third kappa shape index (κ3) is 3.33. The molecule has 0 aromatic carbocycles. The molecule has 0 bridgehead atoms. The van der Waals surface area contributed by atoms with Gasteiger partial charge >= 0.3 is 0 Å². The van der Waals surface area contributed by atoms with Gasteiger partial charge in [-0.2, -0.15) is 0 Å².